The zero-order valence-corrected chi connectivity index (χ0v) is 11.7. The minimum absolute atomic E-state index is 0.811. The van der Waals surface area contributed by atoms with E-state index in [1.54, 1.807) is 0 Å². The van der Waals surface area contributed by atoms with Crippen LogP contribution in [0.3, 0.4) is 0 Å². The fourth-order valence-electron chi connectivity index (χ4n) is 3.77. The Hall–Kier alpha value is -0.340. The topological polar surface area (TPSA) is 15.3 Å². The van der Waals surface area contributed by atoms with Crippen LogP contribution in [-0.4, -0.2) is 37.1 Å². The van der Waals surface area contributed by atoms with Crippen molar-refractivity contribution in [1.29, 1.82) is 0 Å². The van der Waals surface area contributed by atoms with Gasteiger partial charge in [0.15, 0.2) is 0 Å². The first-order valence-corrected chi connectivity index (χ1v) is 7.93. The second-order valence-corrected chi connectivity index (χ2v) is 6.73. The zero-order chi connectivity index (χ0) is 12.4. The molecule has 1 saturated heterocycles. The Balaban J connectivity index is 1.40. The number of likely N-dealkylation sites (tertiary alicyclic amines) is 1. The number of fused-ring (bicyclic) bond motifs is 1. The largest absolute Gasteiger partial charge is 0.310 e. The first-order chi connectivity index (χ1) is 8.81. The summed E-state index contributed by atoms with van der Waals surface area (Å²) < 4.78 is 0. The molecule has 2 saturated carbocycles. The lowest BCUT2D eigenvalue weighted by Gasteiger charge is -2.41. The van der Waals surface area contributed by atoms with Crippen molar-refractivity contribution in [3.05, 3.63) is 12.2 Å². The summed E-state index contributed by atoms with van der Waals surface area (Å²) in [6, 6.07) is 0.811. The van der Waals surface area contributed by atoms with Crippen molar-refractivity contribution >= 4 is 0 Å². The summed E-state index contributed by atoms with van der Waals surface area (Å²) in [6.07, 6.45) is 10.1. The Morgan fingerprint density at radius 3 is 2.61 bits per heavy atom. The Morgan fingerprint density at radius 1 is 1.06 bits per heavy atom. The molecule has 2 heteroatoms. The molecule has 2 atom stereocenters. The molecule has 0 aromatic carbocycles. The van der Waals surface area contributed by atoms with Gasteiger partial charge in [-0.25, -0.2) is 0 Å². The van der Waals surface area contributed by atoms with Gasteiger partial charge in [-0.05, 0) is 49.6 Å². The van der Waals surface area contributed by atoms with Crippen molar-refractivity contribution < 1.29 is 0 Å². The van der Waals surface area contributed by atoms with Crippen LogP contribution in [0, 0.1) is 11.8 Å². The predicted molar refractivity (Wildman–Crippen MR) is 76.7 cm³/mol. The third-order valence-corrected chi connectivity index (χ3v) is 5.04. The number of hydrogen-bond donors (Lipinski definition) is 1. The average molecular weight is 248 g/mol. The smallest absolute Gasteiger partial charge is 0.0202 e. The van der Waals surface area contributed by atoms with Gasteiger partial charge in [-0.1, -0.05) is 25.8 Å². The van der Waals surface area contributed by atoms with E-state index in [1.807, 2.05) is 0 Å². The molecule has 2 nitrogen and oxygen atoms in total. The molecule has 102 valence electrons. The number of hydrogen-bond acceptors (Lipinski definition) is 2. The van der Waals surface area contributed by atoms with Crippen LogP contribution in [0.4, 0.5) is 0 Å². The summed E-state index contributed by atoms with van der Waals surface area (Å²) in [4.78, 5) is 2.66. The molecule has 3 fully saturated rings. The molecule has 1 heterocycles. The molecule has 0 amide bonds. The van der Waals surface area contributed by atoms with Gasteiger partial charge in [0.2, 0.25) is 0 Å². The highest BCUT2D eigenvalue weighted by Crippen LogP contribution is 2.36. The molecule has 2 aliphatic carbocycles. The lowest BCUT2D eigenvalue weighted by atomic mass is 9.75. The molecule has 2 unspecified atom stereocenters. The van der Waals surface area contributed by atoms with Crippen LogP contribution in [0.2, 0.25) is 0 Å². The number of piperidine rings is 1. The molecular formula is C16H28N2. The molecule has 0 spiro atoms. The lowest BCUT2D eigenvalue weighted by molar-refractivity contribution is 0.0931. The molecule has 18 heavy (non-hydrogen) atoms. The Labute approximate surface area is 112 Å². The average Bonchev–Trinajstić information content (AvgIpc) is 3.20. The van der Waals surface area contributed by atoms with E-state index < -0.39 is 0 Å². The minimum atomic E-state index is 0.811. The highest BCUT2D eigenvalue weighted by Gasteiger charge is 2.31. The van der Waals surface area contributed by atoms with Crippen molar-refractivity contribution in [3.8, 4) is 0 Å². The highest BCUT2D eigenvalue weighted by molar-refractivity contribution is 5.02. The predicted octanol–water partition coefficient (Wildman–Crippen LogP) is 2.81. The van der Waals surface area contributed by atoms with E-state index in [-0.39, 0.29) is 0 Å². The Bertz CT molecular complexity index is 295. The van der Waals surface area contributed by atoms with Gasteiger partial charge in [-0.15, -0.1) is 0 Å². The van der Waals surface area contributed by atoms with Crippen LogP contribution in [0.15, 0.2) is 12.2 Å². The second-order valence-electron chi connectivity index (χ2n) is 6.73. The minimum Gasteiger partial charge on any atom is -0.310 e. The van der Waals surface area contributed by atoms with Crippen LogP contribution < -0.4 is 5.32 Å². The number of rotatable bonds is 5. The lowest BCUT2D eigenvalue weighted by Crippen LogP contribution is -2.43. The van der Waals surface area contributed by atoms with E-state index in [0.717, 1.165) is 31.0 Å². The van der Waals surface area contributed by atoms with Crippen molar-refractivity contribution in [3.63, 3.8) is 0 Å². The van der Waals surface area contributed by atoms with Gasteiger partial charge in [0, 0.05) is 25.7 Å². The maximum atomic E-state index is 4.25. The van der Waals surface area contributed by atoms with Gasteiger partial charge >= 0.3 is 0 Å². The highest BCUT2D eigenvalue weighted by atomic mass is 15.1. The molecule has 0 bridgehead atoms. The molecule has 3 rings (SSSR count). The first kappa shape index (κ1) is 12.7. The number of nitrogens with one attached hydrogen (secondary N) is 1. The van der Waals surface area contributed by atoms with E-state index in [9.17, 15) is 0 Å². The van der Waals surface area contributed by atoms with Crippen molar-refractivity contribution in [2.24, 2.45) is 11.8 Å². The van der Waals surface area contributed by atoms with E-state index in [1.165, 1.54) is 63.6 Å². The van der Waals surface area contributed by atoms with Crippen LogP contribution in [0.1, 0.15) is 44.9 Å². The Morgan fingerprint density at radius 2 is 1.83 bits per heavy atom. The maximum absolute atomic E-state index is 4.25. The summed E-state index contributed by atoms with van der Waals surface area (Å²) in [5, 5.41) is 3.58. The maximum Gasteiger partial charge on any atom is 0.0202 e. The van der Waals surface area contributed by atoms with E-state index in [2.05, 4.69) is 16.8 Å². The molecule has 0 aromatic heterocycles. The third kappa shape index (κ3) is 3.36. The fourth-order valence-corrected chi connectivity index (χ4v) is 3.77. The van der Waals surface area contributed by atoms with Gasteiger partial charge in [0.1, 0.15) is 0 Å². The fraction of sp³-hybridized carbons (Fsp3) is 0.875. The van der Waals surface area contributed by atoms with Gasteiger partial charge in [0.05, 0.1) is 0 Å². The number of nitrogens with zero attached hydrogens (tertiary/aromatic N) is 1. The molecule has 1 aliphatic heterocycles. The van der Waals surface area contributed by atoms with Crippen molar-refractivity contribution in [2.75, 3.05) is 26.2 Å². The Kier molecular flexibility index (Phi) is 4.05. The normalized spacial score (nSPS) is 33.1. The summed E-state index contributed by atoms with van der Waals surface area (Å²) in [5.74, 6) is 2.05. The molecule has 3 aliphatic rings. The zero-order valence-electron chi connectivity index (χ0n) is 11.7. The molecule has 1 N–H and O–H groups in total. The van der Waals surface area contributed by atoms with Crippen molar-refractivity contribution in [2.45, 2.75) is 51.0 Å². The molecular weight excluding hydrogens is 220 g/mol. The van der Waals surface area contributed by atoms with E-state index in [0.29, 0.717) is 0 Å². The van der Waals surface area contributed by atoms with E-state index in [4.69, 9.17) is 0 Å². The standard InChI is InChI=1S/C16H28N2/c1-13(10-17-16-6-7-16)11-18-9-8-14-4-2-3-5-15(14)12-18/h14-17H,1-12H2. The second kappa shape index (κ2) is 5.75. The van der Waals surface area contributed by atoms with Crippen LogP contribution >= 0.6 is 0 Å². The molecule has 0 aromatic rings. The van der Waals surface area contributed by atoms with Gasteiger partial charge in [0.25, 0.3) is 0 Å². The first-order valence-electron chi connectivity index (χ1n) is 7.93. The van der Waals surface area contributed by atoms with Crippen LogP contribution in [0.5, 0.6) is 0 Å². The SMILES string of the molecule is C=C(CNC1CC1)CN1CCC2CCCCC2C1. The summed E-state index contributed by atoms with van der Waals surface area (Å²) in [6.45, 7) is 9.06. The van der Waals surface area contributed by atoms with Crippen LogP contribution in [-0.2, 0) is 0 Å². The van der Waals surface area contributed by atoms with Gasteiger partial charge < -0.3 is 5.32 Å². The van der Waals surface area contributed by atoms with Crippen LogP contribution in [0.25, 0.3) is 0 Å². The van der Waals surface area contributed by atoms with Gasteiger partial charge in [-0.3, -0.25) is 4.90 Å². The third-order valence-electron chi connectivity index (χ3n) is 5.04. The van der Waals surface area contributed by atoms with E-state index >= 15 is 0 Å². The monoisotopic (exact) mass is 248 g/mol. The quantitative estimate of drug-likeness (QED) is 0.753. The summed E-state index contributed by atoms with van der Waals surface area (Å²) in [7, 11) is 0. The van der Waals surface area contributed by atoms with Crippen molar-refractivity contribution in [1.82, 2.24) is 10.2 Å². The molecule has 0 radical (unpaired) electrons. The summed E-state index contributed by atoms with van der Waals surface area (Å²) >= 11 is 0. The summed E-state index contributed by atoms with van der Waals surface area (Å²) in [5.41, 5.74) is 1.39. The van der Waals surface area contributed by atoms with Gasteiger partial charge in [-0.2, -0.15) is 0 Å².